The van der Waals surface area contributed by atoms with Gasteiger partial charge in [-0.3, -0.25) is 19.6 Å². The summed E-state index contributed by atoms with van der Waals surface area (Å²) in [5.74, 6) is -0.525. The second kappa shape index (κ2) is 9.16. The fraction of sp³-hybridized carbons (Fsp3) is 0.280. The van der Waals surface area contributed by atoms with Gasteiger partial charge in [-0.2, -0.15) is 0 Å². The number of anilines is 2. The van der Waals surface area contributed by atoms with Crippen molar-refractivity contribution < 1.29 is 22.7 Å². The van der Waals surface area contributed by atoms with Crippen LogP contribution in [0.1, 0.15) is 28.8 Å². The number of hydrogen-bond acceptors (Lipinski definition) is 5. The molecule has 1 saturated heterocycles. The smallest absolute Gasteiger partial charge is 0.406 e. The topological polar surface area (TPSA) is 57.7 Å². The maximum Gasteiger partial charge on any atom is 0.573 e. The Morgan fingerprint density at radius 2 is 1.71 bits per heavy atom. The minimum atomic E-state index is -4.78. The summed E-state index contributed by atoms with van der Waals surface area (Å²) in [6, 6.07) is 14.9. The van der Waals surface area contributed by atoms with Crippen molar-refractivity contribution in [3.05, 3.63) is 82.6 Å². The van der Waals surface area contributed by atoms with Crippen LogP contribution in [0.4, 0.5) is 24.5 Å². The van der Waals surface area contributed by atoms with Crippen molar-refractivity contribution in [1.82, 2.24) is 9.88 Å². The molecule has 1 aromatic heterocycles. The predicted octanol–water partition coefficient (Wildman–Crippen LogP) is 5.81. The van der Waals surface area contributed by atoms with Crippen molar-refractivity contribution in [2.75, 3.05) is 23.3 Å². The molecule has 0 aliphatic carbocycles. The average Bonchev–Trinajstić information content (AvgIpc) is 2.81. The first-order valence-corrected chi connectivity index (χ1v) is 11.9. The van der Waals surface area contributed by atoms with E-state index in [1.54, 1.807) is 29.4 Å². The van der Waals surface area contributed by atoms with E-state index >= 15 is 0 Å². The summed E-state index contributed by atoms with van der Waals surface area (Å²) in [5, 5.41) is 3.60. The number of halogens is 4. The van der Waals surface area contributed by atoms with Gasteiger partial charge in [0.15, 0.2) is 0 Å². The first-order chi connectivity index (χ1) is 16.7. The van der Waals surface area contributed by atoms with Crippen LogP contribution in [0.25, 0.3) is 0 Å². The molecule has 3 heterocycles. The number of alkyl halides is 3. The molecular formula is C25H22BrF3N4O2. The average molecular weight is 547 g/mol. The summed E-state index contributed by atoms with van der Waals surface area (Å²) in [4.78, 5) is 21.8. The lowest BCUT2D eigenvalue weighted by molar-refractivity contribution is -0.274. The van der Waals surface area contributed by atoms with E-state index in [1.165, 1.54) is 24.3 Å². The number of carbonyl (C=O) groups is 1. The third-order valence-electron chi connectivity index (χ3n) is 6.38. The minimum absolute atomic E-state index is 0.196. The fourth-order valence-corrected chi connectivity index (χ4v) is 5.13. The SMILES string of the molecule is O=C1c2ccc(Br)cc2NC2(CCN(Cc3ccncc3)CC2)N1c1ccc(OC(F)(F)F)cc1. The molecule has 5 rings (SSSR count). The number of nitrogens with zero attached hydrogens (tertiary/aromatic N) is 3. The van der Waals surface area contributed by atoms with Gasteiger partial charge in [0.2, 0.25) is 0 Å². The summed E-state index contributed by atoms with van der Waals surface area (Å²) < 4.78 is 42.7. The third-order valence-corrected chi connectivity index (χ3v) is 6.87. The zero-order valence-corrected chi connectivity index (χ0v) is 20.1. The van der Waals surface area contributed by atoms with Gasteiger partial charge in [0.05, 0.1) is 5.56 Å². The molecule has 6 nitrogen and oxygen atoms in total. The van der Waals surface area contributed by atoms with Crippen LogP contribution in [0.5, 0.6) is 5.75 Å². The molecule has 1 fully saturated rings. The first-order valence-electron chi connectivity index (χ1n) is 11.1. The molecule has 2 aliphatic heterocycles. The first kappa shape index (κ1) is 23.6. The Morgan fingerprint density at radius 1 is 1.03 bits per heavy atom. The van der Waals surface area contributed by atoms with Gasteiger partial charge >= 0.3 is 6.36 Å². The van der Waals surface area contributed by atoms with Gasteiger partial charge in [0.1, 0.15) is 11.4 Å². The quantitative estimate of drug-likeness (QED) is 0.447. The molecule has 35 heavy (non-hydrogen) atoms. The Morgan fingerprint density at radius 3 is 2.37 bits per heavy atom. The molecule has 0 atom stereocenters. The molecular weight excluding hydrogens is 525 g/mol. The number of nitrogens with one attached hydrogen (secondary N) is 1. The van der Waals surface area contributed by atoms with Crippen LogP contribution in [-0.2, 0) is 6.54 Å². The highest BCUT2D eigenvalue weighted by molar-refractivity contribution is 9.10. The van der Waals surface area contributed by atoms with E-state index in [0.717, 1.165) is 35.4 Å². The monoisotopic (exact) mass is 546 g/mol. The molecule has 182 valence electrons. The number of carbonyl (C=O) groups excluding carboxylic acids is 1. The summed E-state index contributed by atoms with van der Waals surface area (Å²) in [7, 11) is 0. The number of hydrogen-bond donors (Lipinski definition) is 1. The number of amides is 1. The Hall–Kier alpha value is -3.11. The van der Waals surface area contributed by atoms with Crippen molar-refractivity contribution in [3.63, 3.8) is 0 Å². The molecule has 0 unspecified atom stereocenters. The van der Waals surface area contributed by atoms with Crippen molar-refractivity contribution in [1.29, 1.82) is 0 Å². The van der Waals surface area contributed by atoms with Gasteiger partial charge in [-0.25, -0.2) is 0 Å². The van der Waals surface area contributed by atoms with Crippen LogP contribution in [0.3, 0.4) is 0 Å². The van der Waals surface area contributed by atoms with E-state index in [9.17, 15) is 18.0 Å². The minimum Gasteiger partial charge on any atom is -0.406 e. The van der Waals surface area contributed by atoms with E-state index in [4.69, 9.17) is 0 Å². The van der Waals surface area contributed by atoms with Crippen LogP contribution >= 0.6 is 15.9 Å². The van der Waals surface area contributed by atoms with Gasteiger partial charge in [0.25, 0.3) is 5.91 Å². The van der Waals surface area contributed by atoms with Crippen molar-refractivity contribution in [2.24, 2.45) is 0 Å². The summed E-state index contributed by atoms with van der Waals surface area (Å²) in [5.41, 5.74) is 2.20. The molecule has 2 aliphatic rings. The Bertz CT molecular complexity index is 1210. The molecule has 1 spiro atoms. The molecule has 10 heteroatoms. The maximum atomic E-state index is 13.7. The largest absolute Gasteiger partial charge is 0.573 e. The number of rotatable bonds is 4. The highest BCUT2D eigenvalue weighted by atomic mass is 79.9. The highest BCUT2D eigenvalue weighted by Gasteiger charge is 2.47. The standard InChI is InChI=1S/C25H22BrF3N4O2/c26-18-1-6-21-22(15-18)31-24(9-13-32(14-10-24)16-17-7-11-30-12-8-17)33(23(21)34)19-2-4-20(5-3-19)35-25(27,28)29/h1-8,11-12,15,31H,9-10,13-14,16H2. The fourth-order valence-electron chi connectivity index (χ4n) is 4.77. The third kappa shape index (κ3) is 4.99. The summed E-state index contributed by atoms with van der Waals surface area (Å²) >= 11 is 3.48. The molecule has 3 aromatic rings. The number of benzene rings is 2. The lowest BCUT2D eigenvalue weighted by Crippen LogP contribution is -2.64. The van der Waals surface area contributed by atoms with Gasteiger partial charge in [0, 0.05) is 60.7 Å². The summed E-state index contributed by atoms with van der Waals surface area (Å²) in [6.45, 7) is 2.24. The highest BCUT2D eigenvalue weighted by Crippen LogP contribution is 2.42. The van der Waals surface area contributed by atoms with E-state index in [1.807, 2.05) is 18.2 Å². The van der Waals surface area contributed by atoms with Crippen LogP contribution in [0.15, 0.2) is 71.5 Å². The Labute approximate surface area is 208 Å². The molecule has 0 bridgehead atoms. The zero-order chi connectivity index (χ0) is 24.6. The Kier molecular flexibility index (Phi) is 6.18. The number of aromatic nitrogens is 1. The molecule has 0 saturated carbocycles. The van der Waals surface area contributed by atoms with Crippen molar-refractivity contribution in [2.45, 2.75) is 31.4 Å². The van der Waals surface area contributed by atoms with Gasteiger partial charge in [-0.1, -0.05) is 15.9 Å². The number of likely N-dealkylation sites (tertiary alicyclic amines) is 1. The molecule has 1 N–H and O–H groups in total. The van der Waals surface area contributed by atoms with E-state index in [0.29, 0.717) is 24.1 Å². The van der Waals surface area contributed by atoms with E-state index < -0.39 is 12.0 Å². The second-order valence-electron chi connectivity index (χ2n) is 8.66. The van der Waals surface area contributed by atoms with Crippen molar-refractivity contribution >= 4 is 33.2 Å². The lowest BCUT2D eigenvalue weighted by Gasteiger charge is -2.52. The number of fused-ring (bicyclic) bond motifs is 1. The second-order valence-corrected chi connectivity index (χ2v) is 9.58. The normalized spacial score (nSPS) is 17.7. The van der Waals surface area contributed by atoms with E-state index in [2.05, 4.69) is 35.9 Å². The van der Waals surface area contributed by atoms with Crippen LogP contribution < -0.4 is 15.0 Å². The van der Waals surface area contributed by atoms with Gasteiger partial charge in [-0.15, -0.1) is 13.2 Å². The zero-order valence-electron chi connectivity index (χ0n) is 18.6. The number of ether oxygens (including phenoxy) is 1. The maximum absolute atomic E-state index is 13.7. The number of piperidine rings is 1. The lowest BCUT2D eigenvalue weighted by atomic mass is 9.89. The molecule has 0 radical (unpaired) electrons. The van der Waals surface area contributed by atoms with Crippen LogP contribution in [0, 0.1) is 0 Å². The van der Waals surface area contributed by atoms with E-state index in [-0.39, 0.29) is 11.7 Å². The van der Waals surface area contributed by atoms with Crippen LogP contribution in [-0.4, -0.2) is 40.9 Å². The van der Waals surface area contributed by atoms with Gasteiger partial charge < -0.3 is 10.1 Å². The number of pyridine rings is 1. The van der Waals surface area contributed by atoms with Crippen LogP contribution in [0.2, 0.25) is 0 Å². The summed E-state index contributed by atoms with van der Waals surface area (Å²) in [6.07, 6.45) is 0.0298. The predicted molar refractivity (Wildman–Crippen MR) is 129 cm³/mol. The van der Waals surface area contributed by atoms with Crippen molar-refractivity contribution in [3.8, 4) is 5.75 Å². The molecule has 2 aromatic carbocycles. The molecule has 1 amide bonds. The Balaban J connectivity index is 1.45. The van der Waals surface area contributed by atoms with Gasteiger partial charge in [-0.05, 0) is 60.2 Å².